The van der Waals surface area contributed by atoms with Crippen LogP contribution in [-0.2, 0) is 14.3 Å². The monoisotopic (exact) mass is 436 g/mol. The van der Waals surface area contributed by atoms with Crippen molar-refractivity contribution in [2.24, 2.45) is 5.92 Å². The second-order valence-corrected chi connectivity index (χ2v) is 7.64. The topological polar surface area (TPSA) is 108 Å². The highest BCUT2D eigenvalue weighted by molar-refractivity contribution is 6.08. The van der Waals surface area contributed by atoms with Crippen LogP contribution in [0.15, 0.2) is 48.5 Å². The van der Waals surface area contributed by atoms with Crippen molar-refractivity contribution in [3.8, 4) is 0 Å². The predicted molar refractivity (Wildman–Crippen MR) is 118 cm³/mol. The number of benzene rings is 2. The molecule has 2 heterocycles. The van der Waals surface area contributed by atoms with E-state index in [4.69, 9.17) is 9.72 Å². The molecule has 9 nitrogen and oxygen atoms in total. The second-order valence-electron chi connectivity index (χ2n) is 7.64. The van der Waals surface area contributed by atoms with Crippen molar-refractivity contribution in [2.45, 2.75) is 32.7 Å². The molecule has 3 aromatic rings. The van der Waals surface area contributed by atoms with Gasteiger partial charge < -0.3 is 9.30 Å². The number of aromatic nitrogens is 2. The van der Waals surface area contributed by atoms with Crippen molar-refractivity contribution < 1.29 is 19.2 Å². The highest BCUT2D eigenvalue weighted by Crippen LogP contribution is 2.42. The van der Waals surface area contributed by atoms with Gasteiger partial charge in [-0.25, -0.2) is 4.98 Å². The Labute approximate surface area is 184 Å². The smallest absolute Gasteiger partial charge is 0.321 e. The Morgan fingerprint density at radius 2 is 1.97 bits per heavy atom. The molecule has 0 spiro atoms. The summed E-state index contributed by atoms with van der Waals surface area (Å²) in [6.07, 6.45) is 1.61. The number of anilines is 1. The lowest BCUT2D eigenvalue weighted by atomic mass is 9.89. The average molecular weight is 436 g/mol. The third-order valence-corrected chi connectivity index (χ3v) is 5.64. The molecule has 0 bridgehead atoms. The molecule has 0 fully saturated rings. The Hall–Kier alpha value is -3.75. The molecule has 0 saturated carbocycles. The summed E-state index contributed by atoms with van der Waals surface area (Å²) in [6, 6.07) is 12.6. The number of rotatable bonds is 7. The third-order valence-electron chi connectivity index (χ3n) is 5.64. The lowest BCUT2D eigenvalue weighted by molar-refractivity contribution is -0.384. The van der Waals surface area contributed by atoms with Gasteiger partial charge in [0.15, 0.2) is 5.92 Å². The zero-order valence-corrected chi connectivity index (χ0v) is 17.9. The summed E-state index contributed by atoms with van der Waals surface area (Å²) >= 11 is 0. The van der Waals surface area contributed by atoms with E-state index in [1.54, 1.807) is 24.0 Å². The highest BCUT2D eigenvalue weighted by atomic mass is 16.6. The van der Waals surface area contributed by atoms with Gasteiger partial charge in [0, 0.05) is 18.7 Å². The van der Waals surface area contributed by atoms with E-state index in [1.807, 2.05) is 35.8 Å². The van der Waals surface area contributed by atoms with E-state index in [0.717, 1.165) is 18.4 Å². The van der Waals surface area contributed by atoms with Crippen molar-refractivity contribution in [2.75, 3.05) is 18.1 Å². The fourth-order valence-corrected chi connectivity index (χ4v) is 4.20. The zero-order valence-electron chi connectivity index (χ0n) is 17.9. The molecule has 9 heteroatoms. The quantitative estimate of drug-likeness (QED) is 0.241. The molecular weight excluding hydrogens is 412 g/mol. The SMILES string of the molecule is CCCCN1C(=O)[C@H](C(=O)OCC)[C@H](c2cccc([N+](=O)[O-])c2)n2c1nc1ccccc12. The maximum absolute atomic E-state index is 13.6. The molecule has 32 heavy (non-hydrogen) atoms. The molecular formula is C23H24N4O5. The Morgan fingerprint density at radius 1 is 1.19 bits per heavy atom. The molecule has 0 N–H and O–H groups in total. The number of nitro groups is 1. The van der Waals surface area contributed by atoms with Crippen LogP contribution in [0.2, 0.25) is 0 Å². The Morgan fingerprint density at radius 3 is 2.69 bits per heavy atom. The minimum absolute atomic E-state index is 0.114. The number of nitro benzene ring substituents is 1. The van der Waals surface area contributed by atoms with Crippen molar-refractivity contribution >= 4 is 34.5 Å². The number of para-hydroxylation sites is 2. The van der Waals surface area contributed by atoms with Crippen molar-refractivity contribution in [1.29, 1.82) is 0 Å². The number of imidazole rings is 1. The third kappa shape index (κ3) is 3.59. The lowest BCUT2D eigenvalue weighted by Gasteiger charge is -2.37. The molecule has 2 aromatic carbocycles. The van der Waals surface area contributed by atoms with Gasteiger partial charge in [0.05, 0.1) is 28.6 Å². The minimum Gasteiger partial charge on any atom is -0.465 e. The van der Waals surface area contributed by atoms with Gasteiger partial charge >= 0.3 is 5.97 Å². The number of hydrogen-bond donors (Lipinski definition) is 0. The molecule has 0 radical (unpaired) electrons. The second kappa shape index (κ2) is 8.78. The van der Waals surface area contributed by atoms with Crippen LogP contribution >= 0.6 is 0 Å². The van der Waals surface area contributed by atoms with E-state index in [9.17, 15) is 19.7 Å². The summed E-state index contributed by atoms with van der Waals surface area (Å²) in [4.78, 5) is 43.8. The first kappa shape index (κ1) is 21.5. The number of amides is 1. The number of non-ortho nitro benzene ring substituents is 1. The Bertz CT molecular complexity index is 1190. The normalized spacial score (nSPS) is 17.9. The number of hydrogen-bond acceptors (Lipinski definition) is 6. The zero-order chi connectivity index (χ0) is 22.8. The van der Waals surface area contributed by atoms with Crippen LogP contribution in [-0.4, -0.2) is 39.5 Å². The molecule has 166 valence electrons. The Balaban J connectivity index is 1.99. The van der Waals surface area contributed by atoms with E-state index in [-0.39, 0.29) is 12.3 Å². The van der Waals surface area contributed by atoms with E-state index >= 15 is 0 Å². The van der Waals surface area contributed by atoms with Crippen LogP contribution < -0.4 is 4.90 Å². The van der Waals surface area contributed by atoms with E-state index < -0.39 is 28.8 Å². The molecule has 1 aliphatic heterocycles. The molecule has 1 amide bonds. The van der Waals surface area contributed by atoms with Crippen LogP contribution in [0.5, 0.6) is 0 Å². The average Bonchev–Trinajstić information content (AvgIpc) is 3.17. The van der Waals surface area contributed by atoms with Gasteiger partial charge in [0.25, 0.3) is 5.69 Å². The number of ether oxygens (including phenoxy) is 1. The van der Waals surface area contributed by atoms with Crippen LogP contribution in [0.25, 0.3) is 11.0 Å². The lowest BCUT2D eigenvalue weighted by Crippen LogP contribution is -2.50. The molecule has 2 atom stereocenters. The summed E-state index contributed by atoms with van der Waals surface area (Å²) in [5.41, 5.74) is 1.78. The molecule has 4 rings (SSSR count). The van der Waals surface area contributed by atoms with Crippen LogP contribution in [0.1, 0.15) is 38.3 Å². The van der Waals surface area contributed by atoms with Gasteiger partial charge in [-0.15, -0.1) is 0 Å². The van der Waals surface area contributed by atoms with Crippen LogP contribution in [0, 0.1) is 16.0 Å². The van der Waals surface area contributed by atoms with Crippen molar-refractivity contribution in [3.63, 3.8) is 0 Å². The molecule has 1 aromatic heterocycles. The number of unbranched alkanes of at least 4 members (excludes halogenated alkanes) is 1. The number of carbonyl (C=O) groups is 2. The predicted octanol–water partition coefficient (Wildman–Crippen LogP) is 3.86. The van der Waals surface area contributed by atoms with Gasteiger partial charge in [-0.05, 0) is 31.0 Å². The number of fused-ring (bicyclic) bond motifs is 3. The maximum atomic E-state index is 13.6. The number of nitrogens with zero attached hydrogens (tertiary/aromatic N) is 4. The summed E-state index contributed by atoms with van der Waals surface area (Å²) in [5.74, 6) is -1.81. The first-order valence-corrected chi connectivity index (χ1v) is 10.7. The number of carbonyl (C=O) groups excluding carboxylic acids is 2. The van der Waals surface area contributed by atoms with E-state index in [0.29, 0.717) is 23.6 Å². The minimum atomic E-state index is -1.18. The van der Waals surface area contributed by atoms with Crippen LogP contribution in [0.3, 0.4) is 0 Å². The summed E-state index contributed by atoms with van der Waals surface area (Å²) in [6.45, 7) is 4.24. The van der Waals surface area contributed by atoms with E-state index in [1.165, 1.54) is 12.1 Å². The molecule has 0 unspecified atom stereocenters. The van der Waals surface area contributed by atoms with Crippen molar-refractivity contribution in [3.05, 3.63) is 64.2 Å². The Kier molecular flexibility index (Phi) is 5.89. The largest absolute Gasteiger partial charge is 0.465 e. The number of esters is 1. The van der Waals surface area contributed by atoms with Gasteiger partial charge in [0.2, 0.25) is 11.9 Å². The van der Waals surface area contributed by atoms with Gasteiger partial charge in [-0.3, -0.25) is 24.6 Å². The summed E-state index contributed by atoms with van der Waals surface area (Å²) in [5, 5.41) is 11.4. The fourth-order valence-electron chi connectivity index (χ4n) is 4.20. The first-order chi connectivity index (χ1) is 15.5. The maximum Gasteiger partial charge on any atom is 0.321 e. The van der Waals surface area contributed by atoms with Gasteiger partial charge in [0.1, 0.15) is 0 Å². The summed E-state index contributed by atoms with van der Waals surface area (Å²) < 4.78 is 7.12. The standard InChI is InChI=1S/C23H24N4O5/c1-3-5-13-25-21(28)19(22(29)32-4-2)20(15-9-8-10-16(14-15)27(30)31)26-18-12-7-6-11-17(18)24-23(25)26/h6-12,14,19-20H,3-5,13H2,1-2H3/t19-,20+/m1/s1. The first-order valence-electron chi connectivity index (χ1n) is 10.7. The summed E-state index contributed by atoms with van der Waals surface area (Å²) in [7, 11) is 0. The van der Waals surface area contributed by atoms with Gasteiger partial charge in [-0.1, -0.05) is 37.6 Å². The highest BCUT2D eigenvalue weighted by Gasteiger charge is 2.47. The van der Waals surface area contributed by atoms with E-state index in [2.05, 4.69) is 0 Å². The molecule has 0 saturated heterocycles. The molecule has 1 aliphatic rings. The molecule has 0 aliphatic carbocycles. The van der Waals surface area contributed by atoms with Crippen molar-refractivity contribution in [1.82, 2.24) is 9.55 Å². The van der Waals surface area contributed by atoms with Gasteiger partial charge in [-0.2, -0.15) is 0 Å². The fraction of sp³-hybridized carbons (Fsp3) is 0.348. The van der Waals surface area contributed by atoms with Crippen LogP contribution in [0.4, 0.5) is 11.6 Å².